The number of nitrogens with one attached hydrogen (secondary N) is 1. The average Bonchev–Trinajstić information content (AvgIpc) is 2.45. The Morgan fingerprint density at radius 3 is 2.71 bits per heavy atom. The fourth-order valence-corrected chi connectivity index (χ4v) is 3.00. The van der Waals surface area contributed by atoms with Crippen molar-refractivity contribution in [2.45, 2.75) is 45.4 Å². The van der Waals surface area contributed by atoms with Crippen molar-refractivity contribution in [3.8, 4) is 0 Å². The second-order valence-corrected chi connectivity index (χ2v) is 6.52. The van der Waals surface area contributed by atoms with Crippen molar-refractivity contribution >= 4 is 17.5 Å². The highest BCUT2D eigenvalue weighted by Crippen LogP contribution is 2.49. The topological polar surface area (TPSA) is 64.3 Å². The van der Waals surface area contributed by atoms with Crippen molar-refractivity contribution in [3.05, 3.63) is 34.9 Å². The van der Waals surface area contributed by atoms with E-state index in [1.54, 1.807) is 6.07 Å². The monoisotopic (exact) mass is 310 g/mol. The Labute approximate surface area is 131 Å². The summed E-state index contributed by atoms with van der Waals surface area (Å²) in [6.45, 7) is 6.92. The first-order valence-electron chi connectivity index (χ1n) is 7.25. The van der Waals surface area contributed by atoms with Crippen LogP contribution in [0.15, 0.2) is 24.3 Å². The van der Waals surface area contributed by atoms with Gasteiger partial charge >= 0.3 is 0 Å². The maximum absolute atomic E-state index is 12.5. The molecule has 116 valence electrons. The Bertz CT molecular complexity index is 533. The van der Waals surface area contributed by atoms with Crippen LogP contribution in [0, 0.1) is 5.41 Å². The van der Waals surface area contributed by atoms with E-state index < -0.39 is 5.54 Å². The highest BCUT2D eigenvalue weighted by molar-refractivity contribution is 6.31. The molecule has 3 N–H and O–H groups in total. The number of ether oxygens (including phenoxy) is 1. The van der Waals surface area contributed by atoms with E-state index in [-0.39, 0.29) is 17.4 Å². The van der Waals surface area contributed by atoms with Gasteiger partial charge in [-0.3, -0.25) is 4.79 Å². The quantitative estimate of drug-likeness (QED) is 0.878. The predicted molar refractivity (Wildman–Crippen MR) is 84.0 cm³/mol. The van der Waals surface area contributed by atoms with E-state index in [4.69, 9.17) is 22.1 Å². The minimum absolute atomic E-state index is 0.0264. The Hall–Kier alpha value is -1.10. The van der Waals surface area contributed by atoms with Crippen LogP contribution in [-0.2, 0) is 16.1 Å². The molecule has 0 aliphatic heterocycles. The highest BCUT2D eigenvalue weighted by atomic mass is 35.5. The molecule has 1 fully saturated rings. The van der Waals surface area contributed by atoms with E-state index in [0.29, 0.717) is 24.6 Å². The smallest absolute Gasteiger partial charge is 0.241 e. The standard InChI is InChI=1S/C16H23ClN2O2/c1-4-21-13-9-16(18,15(13,2)3)14(20)19-10-11-7-5-6-8-12(11)17/h5-8,13H,4,9-10,18H2,1-3H3,(H,19,20). The van der Waals surface area contributed by atoms with Gasteiger partial charge in [0.05, 0.1) is 6.10 Å². The minimum atomic E-state index is -0.895. The molecule has 0 spiro atoms. The van der Waals surface area contributed by atoms with Gasteiger partial charge in [0, 0.05) is 30.0 Å². The SMILES string of the molecule is CCOC1CC(N)(C(=O)NCc2ccccc2Cl)C1(C)C. The van der Waals surface area contributed by atoms with Gasteiger partial charge in [-0.05, 0) is 18.6 Å². The molecule has 2 rings (SSSR count). The van der Waals surface area contributed by atoms with Gasteiger partial charge in [-0.1, -0.05) is 43.6 Å². The third-order valence-corrected chi connectivity index (χ3v) is 5.00. The van der Waals surface area contributed by atoms with Crippen molar-refractivity contribution in [1.82, 2.24) is 5.32 Å². The maximum atomic E-state index is 12.5. The summed E-state index contributed by atoms with van der Waals surface area (Å²) < 4.78 is 5.64. The van der Waals surface area contributed by atoms with Crippen LogP contribution in [-0.4, -0.2) is 24.2 Å². The molecule has 1 aliphatic carbocycles. The summed E-state index contributed by atoms with van der Waals surface area (Å²) in [6, 6.07) is 7.45. The van der Waals surface area contributed by atoms with E-state index in [0.717, 1.165) is 5.56 Å². The van der Waals surface area contributed by atoms with Gasteiger partial charge in [0.15, 0.2) is 0 Å². The number of amides is 1. The van der Waals surface area contributed by atoms with Crippen molar-refractivity contribution < 1.29 is 9.53 Å². The summed E-state index contributed by atoms with van der Waals surface area (Å²) in [5.41, 5.74) is 5.93. The molecule has 1 aromatic carbocycles. The highest BCUT2D eigenvalue weighted by Gasteiger charge is 2.62. The molecule has 0 radical (unpaired) electrons. The van der Waals surface area contributed by atoms with Gasteiger partial charge in [0.1, 0.15) is 5.54 Å². The van der Waals surface area contributed by atoms with Gasteiger partial charge < -0.3 is 15.8 Å². The molecular weight excluding hydrogens is 288 g/mol. The number of halogens is 1. The summed E-state index contributed by atoms with van der Waals surface area (Å²) in [5.74, 6) is -0.150. The van der Waals surface area contributed by atoms with Crippen molar-refractivity contribution in [3.63, 3.8) is 0 Å². The summed E-state index contributed by atoms with van der Waals surface area (Å²) in [5, 5.41) is 3.54. The summed E-state index contributed by atoms with van der Waals surface area (Å²) >= 11 is 6.09. The Morgan fingerprint density at radius 1 is 1.48 bits per heavy atom. The number of hydrogen-bond donors (Lipinski definition) is 2. The largest absolute Gasteiger partial charge is 0.378 e. The van der Waals surface area contributed by atoms with E-state index in [2.05, 4.69) is 5.32 Å². The molecule has 5 heteroatoms. The molecule has 1 aromatic rings. The van der Waals surface area contributed by atoms with Crippen LogP contribution >= 0.6 is 11.6 Å². The Kier molecular flexibility index (Phi) is 4.61. The first-order chi connectivity index (χ1) is 9.83. The predicted octanol–water partition coefficient (Wildman–Crippen LogP) is 2.49. The van der Waals surface area contributed by atoms with E-state index in [1.165, 1.54) is 0 Å². The number of rotatable bonds is 5. The second-order valence-electron chi connectivity index (χ2n) is 6.12. The molecule has 1 saturated carbocycles. The van der Waals surface area contributed by atoms with E-state index in [1.807, 2.05) is 39.0 Å². The third-order valence-electron chi connectivity index (χ3n) is 4.63. The average molecular weight is 311 g/mol. The van der Waals surface area contributed by atoms with Crippen LogP contribution < -0.4 is 11.1 Å². The van der Waals surface area contributed by atoms with E-state index in [9.17, 15) is 4.79 Å². The van der Waals surface area contributed by atoms with Crippen LogP contribution in [0.25, 0.3) is 0 Å². The fraction of sp³-hybridized carbons (Fsp3) is 0.562. The van der Waals surface area contributed by atoms with Gasteiger partial charge in [-0.15, -0.1) is 0 Å². The van der Waals surface area contributed by atoms with Crippen molar-refractivity contribution in [1.29, 1.82) is 0 Å². The van der Waals surface area contributed by atoms with Crippen LogP contribution in [0.5, 0.6) is 0 Å². The molecular formula is C16H23ClN2O2. The van der Waals surface area contributed by atoms with Gasteiger partial charge in [-0.2, -0.15) is 0 Å². The lowest BCUT2D eigenvalue weighted by molar-refractivity contribution is -0.170. The van der Waals surface area contributed by atoms with Crippen LogP contribution in [0.4, 0.5) is 0 Å². The molecule has 2 unspecified atom stereocenters. The Morgan fingerprint density at radius 2 is 2.14 bits per heavy atom. The first-order valence-corrected chi connectivity index (χ1v) is 7.63. The number of benzene rings is 1. The normalized spacial score (nSPS) is 27.0. The molecule has 0 aromatic heterocycles. The van der Waals surface area contributed by atoms with Gasteiger partial charge in [-0.25, -0.2) is 0 Å². The summed E-state index contributed by atoms with van der Waals surface area (Å²) in [6.07, 6.45) is 0.570. The summed E-state index contributed by atoms with van der Waals surface area (Å²) in [7, 11) is 0. The number of nitrogens with two attached hydrogens (primary N) is 1. The second kappa shape index (κ2) is 5.95. The molecule has 0 saturated heterocycles. The van der Waals surface area contributed by atoms with Crippen molar-refractivity contribution in [2.24, 2.45) is 11.1 Å². The van der Waals surface area contributed by atoms with Crippen LogP contribution in [0.2, 0.25) is 5.02 Å². The van der Waals surface area contributed by atoms with Gasteiger partial charge in [0.25, 0.3) is 0 Å². The number of hydrogen-bond acceptors (Lipinski definition) is 3. The third kappa shape index (κ3) is 2.80. The number of carbonyl (C=O) groups excluding carboxylic acids is 1. The first kappa shape index (κ1) is 16.3. The molecule has 4 nitrogen and oxygen atoms in total. The van der Waals surface area contributed by atoms with Crippen LogP contribution in [0.1, 0.15) is 32.8 Å². The molecule has 21 heavy (non-hydrogen) atoms. The zero-order valence-corrected chi connectivity index (χ0v) is 13.5. The lowest BCUT2D eigenvalue weighted by Gasteiger charge is -2.57. The molecule has 1 aliphatic rings. The van der Waals surface area contributed by atoms with Crippen LogP contribution in [0.3, 0.4) is 0 Å². The maximum Gasteiger partial charge on any atom is 0.241 e. The molecule has 0 heterocycles. The summed E-state index contributed by atoms with van der Waals surface area (Å²) in [4.78, 5) is 12.5. The number of carbonyl (C=O) groups is 1. The fourth-order valence-electron chi connectivity index (χ4n) is 2.80. The zero-order valence-electron chi connectivity index (χ0n) is 12.8. The lowest BCUT2D eigenvalue weighted by atomic mass is 9.54. The van der Waals surface area contributed by atoms with Crippen molar-refractivity contribution in [2.75, 3.05) is 6.61 Å². The molecule has 2 atom stereocenters. The Balaban J connectivity index is 2.00. The molecule has 1 amide bonds. The minimum Gasteiger partial charge on any atom is -0.378 e. The van der Waals surface area contributed by atoms with Gasteiger partial charge in [0.2, 0.25) is 5.91 Å². The zero-order chi connectivity index (χ0) is 15.7. The lowest BCUT2D eigenvalue weighted by Crippen LogP contribution is -2.75. The molecule has 0 bridgehead atoms. The van der Waals surface area contributed by atoms with E-state index >= 15 is 0 Å².